The molecule has 0 fully saturated rings. The fourth-order valence-electron chi connectivity index (χ4n) is 0.947. The van der Waals surface area contributed by atoms with Crippen LogP contribution < -0.4 is 4.74 Å². The minimum atomic E-state index is 0.874. The van der Waals surface area contributed by atoms with Crippen LogP contribution in [0.2, 0.25) is 0 Å². The molecule has 0 N–H and O–H groups in total. The second-order valence-corrected chi connectivity index (χ2v) is 5.36. The van der Waals surface area contributed by atoms with Crippen molar-refractivity contribution >= 4 is 37.9 Å². The number of rotatable bonds is 3. The summed E-state index contributed by atoms with van der Waals surface area (Å²) in [5, 5.41) is 0. The van der Waals surface area contributed by atoms with Crippen LogP contribution in [0.15, 0.2) is 39.8 Å². The quantitative estimate of drug-likeness (QED) is 0.754. The van der Waals surface area contributed by atoms with E-state index in [4.69, 9.17) is 4.74 Å². The lowest BCUT2D eigenvalue weighted by Gasteiger charge is -1.98. The van der Waals surface area contributed by atoms with E-state index in [9.17, 15) is 0 Å². The minimum absolute atomic E-state index is 0.874. The molecule has 1 rings (SSSR count). The Kier molecular flexibility index (Phi) is 4.98. The molecule has 1 nitrogen and oxygen atoms in total. The maximum absolute atomic E-state index is 5.06. The largest absolute Gasteiger partial charge is 0.497 e. The molecule has 14 heavy (non-hydrogen) atoms. The van der Waals surface area contributed by atoms with E-state index in [2.05, 4.69) is 31.9 Å². The summed E-state index contributed by atoms with van der Waals surface area (Å²) in [7, 11) is 1.66. The lowest BCUT2D eigenvalue weighted by atomic mass is 10.2. The van der Waals surface area contributed by atoms with Gasteiger partial charge in [0.05, 0.1) is 10.5 Å². The number of allylic oxidation sites excluding steroid dienone is 2. The van der Waals surface area contributed by atoms with Gasteiger partial charge in [0.15, 0.2) is 0 Å². The van der Waals surface area contributed by atoms with Crippen molar-refractivity contribution in [3.05, 3.63) is 45.4 Å². The first-order valence-corrected chi connectivity index (χ1v) is 5.64. The van der Waals surface area contributed by atoms with Crippen LogP contribution in [0.4, 0.5) is 0 Å². The molecule has 0 aliphatic rings. The molecule has 0 radical (unpaired) electrons. The molecule has 74 valence electrons. The van der Waals surface area contributed by atoms with Gasteiger partial charge in [-0.15, -0.1) is 0 Å². The topological polar surface area (TPSA) is 9.23 Å². The van der Waals surface area contributed by atoms with Gasteiger partial charge < -0.3 is 4.74 Å². The smallest absolute Gasteiger partial charge is 0.118 e. The van der Waals surface area contributed by atoms with Gasteiger partial charge in [-0.05, 0) is 55.6 Å². The first-order valence-electron chi connectivity index (χ1n) is 4.06. The fourth-order valence-corrected chi connectivity index (χ4v) is 1.25. The standard InChI is InChI=1S/C11H10Br2O/c1-14-10-7-5-9(6-8-10)3-2-4-11(12)13/h2-8H,1H3/b3-2+. The van der Waals surface area contributed by atoms with Crippen molar-refractivity contribution in [1.29, 1.82) is 0 Å². The molecule has 0 aliphatic carbocycles. The van der Waals surface area contributed by atoms with E-state index in [1.165, 1.54) is 0 Å². The van der Waals surface area contributed by atoms with E-state index in [0.717, 1.165) is 14.7 Å². The zero-order valence-electron chi connectivity index (χ0n) is 7.71. The Balaban J connectivity index is 2.69. The van der Waals surface area contributed by atoms with E-state index in [1.54, 1.807) is 7.11 Å². The molecule has 0 aromatic heterocycles. The van der Waals surface area contributed by atoms with Crippen LogP contribution in [-0.2, 0) is 0 Å². The number of hydrogen-bond acceptors (Lipinski definition) is 1. The number of ether oxygens (including phenoxy) is 1. The molecule has 1 aromatic rings. The van der Waals surface area contributed by atoms with E-state index in [-0.39, 0.29) is 0 Å². The van der Waals surface area contributed by atoms with Gasteiger partial charge in [-0.3, -0.25) is 0 Å². The van der Waals surface area contributed by atoms with Crippen molar-refractivity contribution in [3.8, 4) is 5.75 Å². The van der Waals surface area contributed by atoms with Crippen LogP contribution in [0.3, 0.4) is 0 Å². The Morgan fingerprint density at radius 3 is 2.36 bits per heavy atom. The zero-order valence-corrected chi connectivity index (χ0v) is 10.9. The van der Waals surface area contributed by atoms with E-state index in [0.29, 0.717) is 0 Å². The highest BCUT2D eigenvalue weighted by molar-refractivity contribution is 9.28. The summed E-state index contributed by atoms with van der Waals surface area (Å²) in [5.74, 6) is 0.874. The Hall–Kier alpha value is -0.540. The summed E-state index contributed by atoms with van der Waals surface area (Å²) < 4.78 is 5.99. The van der Waals surface area contributed by atoms with Crippen molar-refractivity contribution in [2.24, 2.45) is 0 Å². The monoisotopic (exact) mass is 316 g/mol. The molecule has 1 aromatic carbocycles. The van der Waals surface area contributed by atoms with Crippen molar-refractivity contribution in [3.63, 3.8) is 0 Å². The molecule has 0 saturated heterocycles. The molecular formula is C11H10Br2O. The number of halogens is 2. The first-order chi connectivity index (χ1) is 6.72. The molecule has 0 spiro atoms. The van der Waals surface area contributed by atoms with E-state index >= 15 is 0 Å². The third-order valence-electron chi connectivity index (χ3n) is 1.63. The van der Waals surface area contributed by atoms with Gasteiger partial charge in [-0.2, -0.15) is 0 Å². The summed E-state index contributed by atoms with van der Waals surface area (Å²) in [6.45, 7) is 0. The van der Waals surface area contributed by atoms with E-state index < -0.39 is 0 Å². The molecule has 0 saturated carbocycles. The normalized spacial score (nSPS) is 10.2. The van der Waals surface area contributed by atoms with Gasteiger partial charge >= 0.3 is 0 Å². The zero-order chi connectivity index (χ0) is 10.4. The SMILES string of the molecule is COc1ccc(/C=C/C=C(Br)Br)cc1. The third-order valence-corrected chi connectivity index (χ3v) is 2.16. The van der Waals surface area contributed by atoms with Gasteiger partial charge in [-0.1, -0.05) is 24.3 Å². The van der Waals surface area contributed by atoms with Gasteiger partial charge in [0.2, 0.25) is 0 Å². The van der Waals surface area contributed by atoms with Gasteiger partial charge in [-0.25, -0.2) is 0 Å². The molecule has 3 heteroatoms. The highest BCUT2D eigenvalue weighted by Gasteiger charge is 1.88. The maximum atomic E-state index is 5.06. The molecular weight excluding hydrogens is 308 g/mol. The Morgan fingerprint density at radius 1 is 1.21 bits per heavy atom. The van der Waals surface area contributed by atoms with Crippen LogP contribution in [0.5, 0.6) is 5.75 Å². The number of hydrogen-bond donors (Lipinski definition) is 0. The summed E-state index contributed by atoms with van der Waals surface area (Å²) in [5.41, 5.74) is 1.14. The summed E-state index contributed by atoms with van der Waals surface area (Å²) >= 11 is 6.55. The number of methoxy groups -OCH3 is 1. The summed E-state index contributed by atoms with van der Waals surface area (Å²) in [6.07, 6.45) is 5.90. The molecule has 0 bridgehead atoms. The predicted molar refractivity (Wildman–Crippen MR) is 68.0 cm³/mol. The minimum Gasteiger partial charge on any atom is -0.497 e. The maximum Gasteiger partial charge on any atom is 0.118 e. The average Bonchev–Trinajstić information content (AvgIpc) is 2.18. The molecule has 0 heterocycles. The van der Waals surface area contributed by atoms with Crippen LogP contribution in [0, 0.1) is 0 Å². The highest BCUT2D eigenvalue weighted by Crippen LogP contribution is 2.15. The van der Waals surface area contributed by atoms with Crippen molar-refractivity contribution in [2.45, 2.75) is 0 Å². The Labute approximate surface area is 101 Å². The van der Waals surface area contributed by atoms with Crippen LogP contribution in [-0.4, -0.2) is 7.11 Å². The average molecular weight is 318 g/mol. The summed E-state index contributed by atoms with van der Waals surface area (Å²) in [4.78, 5) is 0. The van der Waals surface area contributed by atoms with Crippen molar-refractivity contribution in [2.75, 3.05) is 7.11 Å². The fraction of sp³-hybridized carbons (Fsp3) is 0.0909. The van der Waals surface area contributed by atoms with Gasteiger partial charge in [0.1, 0.15) is 5.75 Å². The van der Waals surface area contributed by atoms with Crippen LogP contribution in [0.25, 0.3) is 6.08 Å². The Morgan fingerprint density at radius 2 is 1.86 bits per heavy atom. The second kappa shape index (κ2) is 6.04. The second-order valence-electron chi connectivity index (χ2n) is 2.59. The summed E-state index contributed by atoms with van der Waals surface area (Å²) in [6, 6.07) is 7.88. The molecule has 0 unspecified atom stereocenters. The van der Waals surface area contributed by atoms with Gasteiger partial charge in [0, 0.05) is 0 Å². The van der Waals surface area contributed by atoms with E-state index in [1.807, 2.05) is 42.5 Å². The molecule has 0 aliphatic heterocycles. The lowest BCUT2D eigenvalue weighted by Crippen LogP contribution is -1.81. The van der Waals surface area contributed by atoms with Gasteiger partial charge in [0.25, 0.3) is 0 Å². The lowest BCUT2D eigenvalue weighted by molar-refractivity contribution is 0.415. The predicted octanol–water partition coefficient (Wildman–Crippen LogP) is 4.34. The highest BCUT2D eigenvalue weighted by atomic mass is 79.9. The third kappa shape index (κ3) is 4.11. The van der Waals surface area contributed by atoms with Crippen LogP contribution in [0.1, 0.15) is 5.56 Å². The van der Waals surface area contributed by atoms with Crippen LogP contribution >= 0.6 is 31.9 Å². The molecule has 0 amide bonds. The Bertz CT molecular complexity index is 335. The van der Waals surface area contributed by atoms with Crippen molar-refractivity contribution in [1.82, 2.24) is 0 Å². The number of benzene rings is 1. The first kappa shape index (κ1) is 11.5. The molecule has 0 atom stereocenters. The van der Waals surface area contributed by atoms with Crippen molar-refractivity contribution < 1.29 is 4.74 Å².